The van der Waals surface area contributed by atoms with Crippen LogP contribution in [0.1, 0.15) is 16.7 Å². The van der Waals surface area contributed by atoms with Gasteiger partial charge in [0, 0.05) is 18.7 Å². The first-order valence-corrected chi connectivity index (χ1v) is 5.92. The van der Waals surface area contributed by atoms with E-state index in [1.54, 1.807) is 0 Å². The molecule has 2 aromatic rings. The van der Waals surface area contributed by atoms with E-state index in [4.69, 9.17) is 5.73 Å². The van der Waals surface area contributed by atoms with Crippen molar-refractivity contribution < 1.29 is 0 Å². The van der Waals surface area contributed by atoms with Gasteiger partial charge in [0.15, 0.2) is 0 Å². The van der Waals surface area contributed by atoms with Gasteiger partial charge in [-0.1, -0.05) is 17.7 Å². The quantitative estimate of drug-likeness (QED) is 0.878. The maximum absolute atomic E-state index is 5.62. The summed E-state index contributed by atoms with van der Waals surface area (Å²) in [4.78, 5) is 4.23. The first-order valence-electron chi connectivity index (χ1n) is 5.92. The van der Waals surface area contributed by atoms with Gasteiger partial charge in [0.2, 0.25) is 0 Å². The molecule has 0 fully saturated rings. The van der Waals surface area contributed by atoms with Gasteiger partial charge in [0.25, 0.3) is 0 Å². The van der Waals surface area contributed by atoms with E-state index in [2.05, 4.69) is 42.5 Å². The molecular weight excluding hydrogens is 210 g/mol. The number of nitrogens with two attached hydrogens (primary N) is 1. The van der Waals surface area contributed by atoms with Crippen molar-refractivity contribution in [3.63, 3.8) is 0 Å². The Bertz CT molecular complexity index is 503. The van der Waals surface area contributed by atoms with Crippen LogP contribution in [0, 0.1) is 20.8 Å². The van der Waals surface area contributed by atoms with Crippen LogP contribution in [0.5, 0.6) is 0 Å². The average Bonchev–Trinajstić information content (AvgIpc) is 2.65. The number of benzene rings is 1. The van der Waals surface area contributed by atoms with Crippen molar-refractivity contribution in [2.24, 2.45) is 5.73 Å². The SMILES string of the molecule is Cc1cc(C)c(-c2cncn2CCN)c(C)c1. The Labute approximate surface area is 102 Å². The Morgan fingerprint density at radius 1 is 1.18 bits per heavy atom. The van der Waals surface area contributed by atoms with Crippen LogP contribution in [-0.4, -0.2) is 16.1 Å². The Morgan fingerprint density at radius 2 is 1.82 bits per heavy atom. The molecule has 2 rings (SSSR count). The molecule has 0 amide bonds. The van der Waals surface area contributed by atoms with Crippen LogP contribution < -0.4 is 5.73 Å². The van der Waals surface area contributed by atoms with Crippen LogP contribution in [0.25, 0.3) is 11.3 Å². The average molecular weight is 229 g/mol. The smallest absolute Gasteiger partial charge is 0.0951 e. The van der Waals surface area contributed by atoms with Gasteiger partial charge in [-0.05, 0) is 31.9 Å². The monoisotopic (exact) mass is 229 g/mol. The summed E-state index contributed by atoms with van der Waals surface area (Å²) in [5.41, 5.74) is 11.9. The van der Waals surface area contributed by atoms with Crippen LogP contribution in [0.3, 0.4) is 0 Å². The number of aryl methyl sites for hydroxylation is 3. The molecule has 3 heteroatoms. The number of hydrogen-bond donors (Lipinski definition) is 1. The summed E-state index contributed by atoms with van der Waals surface area (Å²) in [6.45, 7) is 7.86. The van der Waals surface area contributed by atoms with E-state index in [9.17, 15) is 0 Å². The lowest BCUT2D eigenvalue weighted by molar-refractivity contribution is 0.713. The number of imidazole rings is 1. The zero-order chi connectivity index (χ0) is 12.4. The third kappa shape index (κ3) is 2.24. The molecule has 3 nitrogen and oxygen atoms in total. The van der Waals surface area contributed by atoms with E-state index >= 15 is 0 Å². The lowest BCUT2D eigenvalue weighted by Crippen LogP contribution is -2.10. The Kier molecular flexibility index (Phi) is 3.29. The lowest BCUT2D eigenvalue weighted by Gasteiger charge is -2.13. The van der Waals surface area contributed by atoms with Gasteiger partial charge in [0.05, 0.1) is 18.2 Å². The lowest BCUT2D eigenvalue weighted by atomic mass is 9.97. The van der Waals surface area contributed by atoms with Crippen molar-refractivity contribution in [3.05, 3.63) is 41.3 Å². The fraction of sp³-hybridized carbons (Fsp3) is 0.357. The van der Waals surface area contributed by atoms with E-state index in [1.807, 2.05) is 12.5 Å². The third-order valence-corrected chi connectivity index (χ3v) is 3.02. The summed E-state index contributed by atoms with van der Waals surface area (Å²) in [6, 6.07) is 4.42. The predicted molar refractivity (Wildman–Crippen MR) is 70.9 cm³/mol. The molecule has 0 spiro atoms. The van der Waals surface area contributed by atoms with Crippen LogP contribution in [-0.2, 0) is 6.54 Å². The molecule has 0 saturated heterocycles. The van der Waals surface area contributed by atoms with Gasteiger partial charge in [0.1, 0.15) is 0 Å². The molecule has 90 valence electrons. The van der Waals surface area contributed by atoms with Crippen molar-refractivity contribution in [2.75, 3.05) is 6.54 Å². The summed E-state index contributed by atoms with van der Waals surface area (Å²) in [6.07, 6.45) is 3.77. The van der Waals surface area contributed by atoms with E-state index < -0.39 is 0 Å². The first kappa shape index (κ1) is 11.9. The van der Waals surface area contributed by atoms with Gasteiger partial charge < -0.3 is 10.3 Å². The normalized spacial score (nSPS) is 10.8. The minimum Gasteiger partial charge on any atom is -0.329 e. The fourth-order valence-corrected chi connectivity index (χ4v) is 2.43. The van der Waals surface area contributed by atoms with E-state index in [0.717, 1.165) is 12.2 Å². The van der Waals surface area contributed by atoms with Crippen molar-refractivity contribution in [3.8, 4) is 11.3 Å². The summed E-state index contributed by atoms with van der Waals surface area (Å²) in [7, 11) is 0. The molecule has 1 aromatic heterocycles. The summed E-state index contributed by atoms with van der Waals surface area (Å²) >= 11 is 0. The molecule has 0 atom stereocenters. The molecule has 17 heavy (non-hydrogen) atoms. The zero-order valence-corrected chi connectivity index (χ0v) is 10.7. The van der Waals surface area contributed by atoms with Crippen LogP contribution in [0.4, 0.5) is 0 Å². The van der Waals surface area contributed by atoms with Gasteiger partial charge >= 0.3 is 0 Å². The van der Waals surface area contributed by atoms with Crippen LogP contribution >= 0.6 is 0 Å². The van der Waals surface area contributed by atoms with Gasteiger partial charge in [-0.2, -0.15) is 0 Å². The van der Waals surface area contributed by atoms with E-state index in [0.29, 0.717) is 6.54 Å². The molecule has 0 aliphatic heterocycles. The number of aromatic nitrogens is 2. The highest BCUT2D eigenvalue weighted by Crippen LogP contribution is 2.27. The highest BCUT2D eigenvalue weighted by atomic mass is 15.0. The highest BCUT2D eigenvalue weighted by molar-refractivity contribution is 5.68. The summed E-state index contributed by atoms with van der Waals surface area (Å²) in [5.74, 6) is 0. The summed E-state index contributed by atoms with van der Waals surface area (Å²) in [5, 5.41) is 0. The molecule has 2 N–H and O–H groups in total. The number of hydrogen-bond acceptors (Lipinski definition) is 2. The third-order valence-electron chi connectivity index (χ3n) is 3.02. The second-order valence-electron chi connectivity index (χ2n) is 4.53. The second kappa shape index (κ2) is 4.72. The van der Waals surface area contributed by atoms with E-state index in [1.165, 1.54) is 22.3 Å². The van der Waals surface area contributed by atoms with Crippen molar-refractivity contribution in [1.82, 2.24) is 9.55 Å². The Morgan fingerprint density at radius 3 is 2.41 bits per heavy atom. The highest BCUT2D eigenvalue weighted by Gasteiger charge is 2.10. The first-order chi connectivity index (χ1) is 8.13. The second-order valence-corrected chi connectivity index (χ2v) is 4.53. The van der Waals surface area contributed by atoms with Gasteiger partial charge in [-0.3, -0.25) is 0 Å². The fourth-order valence-electron chi connectivity index (χ4n) is 2.43. The molecule has 0 bridgehead atoms. The van der Waals surface area contributed by atoms with Crippen LogP contribution in [0.2, 0.25) is 0 Å². The molecular formula is C14H19N3. The number of nitrogens with zero attached hydrogens (tertiary/aromatic N) is 2. The molecule has 0 saturated carbocycles. The maximum atomic E-state index is 5.62. The molecule has 0 unspecified atom stereocenters. The predicted octanol–water partition coefficient (Wildman–Crippen LogP) is 2.43. The van der Waals surface area contributed by atoms with Crippen molar-refractivity contribution in [2.45, 2.75) is 27.3 Å². The molecule has 1 heterocycles. The Hall–Kier alpha value is -1.61. The van der Waals surface area contributed by atoms with Gasteiger partial charge in [-0.25, -0.2) is 4.98 Å². The van der Waals surface area contributed by atoms with Crippen molar-refractivity contribution in [1.29, 1.82) is 0 Å². The molecule has 0 aliphatic carbocycles. The standard InChI is InChI=1S/C14H19N3/c1-10-6-11(2)14(12(3)7-10)13-8-16-9-17(13)5-4-15/h6-9H,4-5,15H2,1-3H3. The zero-order valence-electron chi connectivity index (χ0n) is 10.7. The molecule has 0 aliphatic rings. The topological polar surface area (TPSA) is 43.8 Å². The maximum Gasteiger partial charge on any atom is 0.0951 e. The largest absolute Gasteiger partial charge is 0.329 e. The molecule has 0 radical (unpaired) electrons. The minimum atomic E-state index is 0.632. The van der Waals surface area contributed by atoms with Crippen LogP contribution in [0.15, 0.2) is 24.7 Å². The van der Waals surface area contributed by atoms with E-state index in [-0.39, 0.29) is 0 Å². The summed E-state index contributed by atoms with van der Waals surface area (Å²) < 4.78 is 2.12. The minimum absolute atomic E-state index is 0.632. The number of rotatable bonds is 3. The van der Waals surface area contributed by atoms with Crippen molar-refractivity contribution >= 4 is 0 Å². The van der Waals surface area contributed by atoms with Gasteiger partial charge in [-0.15, -0.1) is 0 Å². The Balaban J connectivity index is 2.56. The molecule has 1 aromatic carbocycles.